The summed E-state index contributed by atoms with van der Waals surface area (Å²) < 4.78 is 0. The van der Waals surface area contributed by atoms with Crippen LogP contribution in [0.4, 0.5) is 0 Å². The summed E-state index contributed by atoms with van der Waals surface area (Å²) in [5, 5.41) is 23.0. The molecule has 2 atom stereocenters. The molecule has 2 unspecified atom stereocenters. The number of H-pyrrole nitrogens is 1. The van der Waals surface area contributed by atoms with E-state index in [-0.39, 0.29) is 5.69 Å². The SMILES string of the molecule is Cc1cc(C)c2cc(C(=O)NC(C(=O)O)C(O)c3ccncc3)[nH]c2c1. The molecule has 3 rings (SSSR count). The maximum Gasteiger partial charge on any atom is 0.329 e. The van der Waals surface area contributed by atoms with Crippen molar-refractivity contribution in [1.29, 1.82) is 0 Å². The summed E-state index contributed by atoms with van der Waals surface area (Å²) in [5.41, 5.74) is 3.47. The maximum absolute atomic E-state index is 12.5. The first kappa shape index (κ1) is 17.6. The molecule has 134 valence electrons. The van der Waals surface area contributed by atoms with Gasteiger partial charge in [0.15, 0.2) is 6.04 Å². The first-order valence-electron chi connectivity index (χ1n) is 8.08. The molecule has 0 aliphatic rings. The smallest absolute Gasteiger partial charge is 0.329 e. The van der Waals surface area contributed by atoms with Crippen LogP contribution < -0.4 is 5.32 Å². The van der Waals surface area contributed by atoms with E-state index in [9.17, 15) is 19.8 Å². The van der Waals surface area contributed by atoms with Crippen LogP contribution in [0, 0.1) is 13.8 Å². The number of hydrogen-bond acceptors (Lipinski definition) is 4. The highest BCUT2D eigenvalue weighted by atomic mass is 16.4. The predicted octanol–water partition coefficient (Wildman–Crippen LogP) is 2.10. The summed E-state index contributed by atoms with van der Waals surface area (Å²) in [4.78, 5) is 30.9. The minimum absolute atomic E-state index is 0.238. The van der Waals surface area contributed by atoms with Crippen LogP contribution in [0.5, 0.6) is 0 Å². The van der Waals surface area contributed by atoms with Crippen LogP contribution in [0.2, 0.25) is 0 Å². The van der Waals surface area contributed by atoms with Gasteiger partial charge in [-0.25, -0.2) is 4.79 Å². The number of aromatic nitrogens is 2. The van der Waals surface area contributed by atoms with Crippen LogP contribution in [0.1, 0.15) is 33.3 Å². The Labute approximate surface area is 149 Å². The number of aromatic amines is 1. The van der Waals surface area contributed by atoms with Crippen molar-refractivity contribution in [3.05, 3.63) is 65.1 Å². The van der Waals surface area contributed by atoms with Gasteiger partial charge in [-0.1, -0.05) is 6.07 Å². The second-order valence-electron chi connectivity index (χ2n) is 6.24. The number of carboxylic acid groups (broad SMARTS) is 1. The highest BCUT2D eigenvalue weighted by molar-refractivity contribution is 6.00. The number of hydrogen-bond donors (Lipinski definition) is 4. The molecule has 4 N–H and O–H groups in total. The van der Waals surface area contributed by atoms with Crippen molar-refractivity contribution in [2.45, 2.75) is 26.0 Å². The minimum atomic E-state index is -1.49. The fraction of sp³-hybridized carbons (Fsp3) is 0.211. The normalized spacial score (nSPS) is 13.3. The number of aliphatic hydroxyl groups excluding tert-OH is 1. The zero-order valence-corrected chi connectivity index (χ0v) is 14.4. The Morgan fingerprint density at radius 2 is 1.85 bits per heavy atom. The number of benzene rings is 1. The van der Waals surface area contributed by atoms with Crippen molar-refractivity contribution < 1.29 is 19.8 Å². The Morgan fingerprint density at radius 1 is 1.15 bits per heavy atom. The topological polar surface area (TPSA) is 115 Å². The molecular weight excluding hydrogens is 334 g/mol. The lowest BCUT2D eigenvalue weighted by atomic mass is 10.0. The Morgan fingerprint density at radius 3 is 2.50 bits per heavy atom. The molecule has 7 nitrogen and oxygen atoms in total. The molecule has 1 amide bonds. The standard InChI is InChI=1S/C19H19N3O4/c1-10-7-11(2)13-9-15(21-14(13)8-10)18(24)22-16(19(25)26)17(23)12-3-5-20-6-4-12/h3-9,16-17,21,23H,1-2H3,(H,22,24)(H,25,26). The van der Waals surface area contributed by atoms with Crippen molar-refractivity contribution >= 4 is 22.8 Å². The number of pyridine rings is 1. The van der Waals surface area contributed by atoms with Crippen LogP contribution in [-0.2, 0) is 4.79 Å². The summed E-state index contributed by atoms with van der Waals surface area (Å²) in [6.45, 7) is 3.90. The summed E-state index contributed by atoms with van der Waals surface area (Å²) in [6, 6.07) is 7.12. The molecule has 0 radical (unpaired) electrons. The number of nitrogens with one attached hydrogen (secondary N) is 2. The number of carboxylic acids is 1. The van der Waals surface area contributed by atoms with E-state index in [2.05, 4.69) is 15.3 Å². The average Bonchev–Trinajstić information content (AvgIpc) is 3.04. The van der Waals surface area contributed by atoms with Gasteiger partial charge in [-0.2, -0.15) is 0 Å². The van der Waals surface area contributed by atoms with Crippen molar-refractivity contribution in [1.82, 2.24) is 15.3 Å². The van der Waals surface area contributed by atoms with Crippen LogP contribution in [0.15, 0.2) is 42.7 Å². The van der Waals surface area contributed by atoms with Crippen molar-refractivity contribution in [3.63, 3.8) is 0 Å². The van der Waals surface area contributed by atoms with Crippen LogP contribution in [0.3, 0.4) is 0 Å². The van der Waals surface area contributed by atoms with Gasteiger partial charge in [0.25, 0.3) is 5.91 Å². The second-order valence-corrected chi connectivity index (χ2v) is 6.24. The van der Waals surface area contributed by atoms with Gasteiger partial charge >= 0.3 is 5.97 Å². The zero-order chi connectivity index (χ0) is 18.8. The number of carbonyl (C=O) groups is 2. The molecule has 0 saturated carbocycles. The van der Waals surface area contributed by atoms with Gasteiger partial charge in [0.2, 0.25) is 0 Å². The third kappa shape index (κ3) is 3.43. The summed E-state index contributed by atoms with van der Waals surface area (Å²) in [6.07, 6.45) is 1.50. The number of rotatable bonds is 5. The predicted molar refractivity (Wildman–Crippen MR) is 95.9 cm³/mol. The second kappa shape index (κ2) is 6.97. The monoisotopic (exact) mass is 353 g/mol. The van der Waals surface area contributed by atoms with Crippen molar-refractivity contribution in [2.24, 2.45) is 0 Å². The average molecular weight is 353 g/mol. The lowest BCUT2D eigenvalue weighted by molar-refractivity contribution is -0.142. The molecule has 0 fully saturated rings. The highest BCUT2D eigenvalue weighted by Gasteiger charge is 2.30. The van der Waals surface area contributed by atoms with E-state index in [1.165, 1.54) is 24.5 Å². The van der Waals surface area contributed by atoms with Gasteiger partial charge in [0.1, 0.15) is 11.8 Å². The number of aliphatic carboxylic acids is 1. The number of nitrogens with zero attached hydrogens (tertiary/aromatic N) is 1. The van der Waals surface area contributed by atoms with Crippen LogP contribution in [0.25, 0.3) is 10.9 Å². The summed E-state index contributed by atoms with van der Waals surface area (Å²) >= 11 is 0. The van der Waals surface area contributed by atoms with Crippen molar-refractivity contribution in [3.8, 4) is 0 Å². The Kier molecular flexibility index (Phi) is 4.73. The fourth-order valence-corrected chi connectivity index (χ4v) is 2.97. The third-order valence-electron chi connectivity index (χ3n) is 4.25. The van der Waals surface area contributed by atoms with E-state index in [0.29, 0.717) is 5.56 Å². The quantitative estimate of drug-likeness (QED) is 0.561. The van der Waals surface area contributed by atoms with Gasteiger partial charge in [-0.15, -0.1) is 0 Å². The highest BCUT2D eigenvalue weighted by Crippen LogP contribution is 2.22. The first-order valence-corrected chi connectivity index (χ1v) is 8.08. The Bertz CT molecular complexity index is 966. The van der Waals surface area contributed by atoms with E-state index in [1.54, 1.807) is 6.07 Å². The molecule has 0 aliphatic carbocycles. The van der Waals surface area contributed by atoms with E-state index in [1.807, 2.05) is 26.0 Å². The van der Waals surface area contributed by atoms with E-state index in [0.717, 1.165) is 22.0 Å². The largest absolute Gasteiger partial charge is 0.480 e. The molecule has 3 aromatic rings. The molecule has 2 aromatic heterocycles. The number of carbonyl (C=O) groups excluding carboxylic acids is 1. The van der Waals surface area contributed by atoms with E-state index in [4.69, 9.17) is 0 Å². The number of aliphatic hydroxyl groups is 1. The van der Waals surface area contributed by atoms with Gasteiger partial charge in [0.05, 0.1) is 0 Å². The molecule has 26 heavy (non-hydrogen) atoms. The number of fused-ring (bicyclic) bond motifs is 1. The van der Waals surface area contributed by atoms with Gasteiger partial charge < -0.3 is 20.5 Å². The minimum Gasteiger partial charge on any atom is -0.480 e. The van der Waals surface area contributed by atoms with Gasteiger partial charge in [-0.3, -0.25) is 9.78 Å². The molecule has 2 heterocycles. The van der Waals surface area contributed by atoms with E-state index >= 15 is 0 Å². The zero-order valence-electron chi connectivity index (χ0n) is 14.4. The molecule has 0 bridgehead atoms. The number of amides is 1. The molecule has 1 aromatic carbocycles. The lowest BCUT2D eigenvalue weighted by Crippen LogP contribution is -2.45. The van der Waals surface area contributed by atoms with E-state index < -0.39 is 24.0 Å². The molecule has 0 saturated heterocycles. The van der Waals surface area contributed by atoms with Crippen LogP contribution >= 0.6 is 0 Å². The molecule has 0 spiro atoms. The fourth-order valence-electron chi connectivity index (χ4n) is 2.97. The first-order chi connectivity index (χ1) is 12.4. The third-order valence-corrected chi connectivity index (χ3v) is 4.25. The number of aryl methyl sites for hydroxylation is 2. The molecule has 7 heteroatoms. The van der Waals surface area contributed by atoms with Gasteiger partial charge in [-0.05, 0) is 54.8 Å². The molecule has 0 aliphatic heterocycles. The van der Waals surface area contributed by atoms with Gasteiger partial charge in [0, 0.05) is 23.3 Å². The van der Waals surface area contributed by atoms with Crippen LogP contribution in [-0.4, -0.2) is 38.1 Å². The maximum atomic E-state index is 12.5. The summed E-state index contributed by atoms with van der Waals surface area (Å²) in [7, 11) is 0. The van der Waals surface area contributed by atoms with Crippen molar-refractivity contribution in [2.75, 3.05) is 0 Å². The summed E-state index contributed by atoms with van der Waals surface area (Å²) in [5.74, 6) is -1.93. The molecular formula is C19H19N3O4. The Balaban J connectivity index is 1.87. The Hall–Kier alpha value is -3.19. The lowest BCUT2D eigenvalue weighted by Gasteiger charge is -2.20.